The predicted octanol–water partition coefficient (Wildman–Crippen LogP) is -1.88. The number of carbonyl (C=O) groups is 1. The minimum atomic E-state index is -1.54. The standard InChI is InChI=1S/C17H22N4O6/c22-9-12-14(24)15(25)16(26)17(27-12)18-13(23)7-6-10-8-21(20-19-10)11-4-2-1-3-5-11/h1-5,8,12,14-17,22,24-26H,6-7,9H2,(H,18,23)/t12?,14-,15?,16?,17-/m1/s1. The number of nitrogens with one attached hydrogen (secondary N) is 1. The maximum Gasteiger partial charge on any atom is 0.222 e. The Bertz CT molecular complexity index is 753. The highest BCUT2D eigenvalue weighted by Crippen LogP contribution is 2.19. The number of aliphatic hydroxyl groups is 4. The quantitative estimate of drug-likeness (QED) is 0.392. The van der Waals surface area contributed by atoms with Gasteiger partial charge in [0.2, 0.25) is 5.91 Å². The summed E-state index contributed by atoms with van der Waals surface area (Å²) in [6.07, 6.45) is -4.72. The van der Waals surface area contributed by atoms with Crippen LogP contribution in [-0.4, -0.2) is 78.6 Å². The molecular weight excluding hydrogens is 356 g/mol. The maximum atomic E-state index is 12.1. The van der Waals surface area contributed by atoms with Gasteiger partial charge in [-0.15, -0.1) is 5.10 Å². The van der Waals surface area contributed by atoms with Gasteiger partial charge in [0.25, 0.3) is 0 Å². The van der Waals surface area contributed by atoms with Crippen molar-refractivity contribution in [3.05, 3.63) is 42.2 Å². The molecule has 1 aliphatic heterocycles. The van der Waals surface area contributed by atoms with Crippen LogP contribution in [0.25, 0.3) is 5.69 Å². The normalized spacial score (nSPS) is 28.1. The zero-order chi connectivity index (χ0) is 19.4. The highest BCUT2D eigenvalue weighted by molar-refractivity contribution is 5.76. The number of amides is 1. The van der Waals surface area contributed by atoms with Crippen LogP contribution in [0.15, 0.2) is 36.5 Å². The number of hydrogen-bond acceptors (Lipinski definition) is 8. The molecule has 5 N–H and O–H groups in total. The van der Waals surface area contributed by atoms with E-state index in [1.165, 1.54) is 0 Å². The van der Waals surface area contributed by atoms with Crippen LogP contribution in [0.4, 0.5) is 0 Å². The van der Waals surface area contributed by atoms with Crippen LogP contribution in [0.5, 0.6) is 0 Å². The molecule has 0 bridgehead atoms. The Hall–Kier alpha value is -2.37. The lowest BCUT2D eigenvalue weighted by Crippen LogP contribution is -2.63. The van der Waals surface area contributed by atoms with Crippen LogP contribution >= 0.6 is 0 Å². The van der Waals surface area contributed by atoms with Crippen molar-refractivity contribution >= 4 is 5.91 Å². The van der Waals surface area contributed by atoms with Crippen LogP contribution in [0.2, 0.25) is 0 Å². The molecule has 0 spiro atoms. The smallest absolute Gasteiger partial charge is 0.222 e. The number of rotatable bonds is 6. The molecule has 0 saturated carbocycles. The third-order valence-electron chi connectivity index (χ3n) is 4.37. The van der Waals surface area contributed by atoms with Crippen molar-refractivity contribution in [2.75, 3.05) is 6.61 Å². The van der Waals surface area contributed by atoms with E-state index in [0.29, 0.717) is 12.1 Å². The average Bonchev–Trinajstić information content (AvgIpc) is 3.16. The monoisotopic (exact) mass is 378 g/mol. The van der Waals surface area contributed by atoms with E-state index in [0.717, 1.165) is 5.69 Å². The molecule has 1 saturated heterocycles. The number of ether oxygens (including phenoxy) is 1. The number of aryl methyl sites for hydroxylation is 1. The predicted molar refractivity (Wildman–Crippen MR) is 91.6 cm³/mol. The first-order valence-corrected chi connectivity index (χ1v) is 8.56. The van der Waals surface area contributed by atoms with Crippen LogP contribution in [-0.2, 0) is 16.0 Å². The zero-order valence-electron chi connectivity index (χ0n) is 14.4. The summed E-state index contributed by atoms with van der Waals surface area (Å²) < 4.78 is 6.84. The van der Waals surface area contributed by atoms with Crippen molar-refractivity contribution in [3.63, 3.8) is 0 Å². The summed E-state index contributed by atoms with van der Waals surface area (Å²) in [7, 11) is 0. The van der Waals surface area contributed by atoms with Crippen molar-refractivity contribution in [1.82, 2.24) is 20.3 Å². The number of carbonyl (C=O) groups excluding carboxylic acids is 1. The fourth-order valence-corrected chi connectivity index (χ4v) is 2.81. The number of benzene rings is 1. The summed E-state index contributed by atoms with van der Waals surface area (Å²) in [4.78, 5) is 12.1. The molecule has 1 aromatic carbocycles. The molecule has 10 heteroatoms. The Balaban J connectivity index is 1.53. The summed E-state index contributed by atoms with van der Waals surface area (Å²) >= 11 is 0. The van der Waals surface area contributed by atoms with Gasteiger partial charge < -0.3 is 30.5 Å². The first-order chi connectivity index (χ1) is 13.0. The van der Waals surface area contributed by atoms with Crippen LogP contribution in [0.3, 0.4) is 0 Å². The van der Waals surface area contributed by atoms with Gasteiger partial charge in [-0.25, -0.2) is 4.68 Å². The van der Waals surface area contributed by atoms with Gasteiger partial charge in [0.1, 0.15) is 24.4 Å². The van der Waals surface area contributed by atoms with Crippen LogP contribution in [0, 0.1) is 0 Å². The topological polar surface area (TPSA) is 150 Å². The fraction of sp³-hybridized carbons (Fsp3) is 0.471. The minimum Gasteiger partial charge on any atom is -0.394 e. The van der Waals surface area contributed by atoms with Gasteiger partial charge in [0.05, 0.1) is 24.2 Å². The number of hydrogen-bond donors (Lipinski definition) is 5. The lowest BCUT2D eigenvalue weighted by molar-refractivity contribution is -0.235. The molecule has 1 amide bonds. The molecule has 0 radical (unpaired) electrons. The van der Waals surface area contributed by atoms with Crippen molar-refractivity contribution in [2.24, 2.45) is 0 Å². The second-order valence-electron chi connectivity index (χ2n) is 6.31. The van der Waals surface area contributed by atoms with Crippen LogP contribution in [0.1, 0.15) is 12.1 Å². The number of nitrogens with zero attached hydrogens (tertiary/aromatic N) is 3. The molecule has 10 nitrogen and oxygen atoms in total. The number of para-hydroxylation sites is 1. The van der Waals surface area contributed by atoms with E-state index in [4.69, 9.17) is 9.84 Å². The maximum absolute atomic E-state index is 12.1. The third kappa shape index (κ3) is 4.49. The Kier molecular flexibility index (Phi) is 6.14. The molecule has 3 rings (SSSR count). The molecular formula is C17H22N4O6. The van der Waals surface area contributed by atoms with Gasteiger partial charge >= 0.3 is 0 Å². The summed E-state index contributed by atoms with van der Waals surface area (Å²) in [6, 6.07) is 9.41. The van der Waals surface area contributed by atoms with Gasteiger partial charge in [-0.1, -0.05) is 23.4 Å². The molecule has 2 heterocycles. The first kappa shape index (κ1) is 19.4. The molecule has 146 valence electrons. The Morgan fingerprint density at radius 1 is 1.15 bits per heavy atom. The van der Waals surface area contributed by atoms with Crippen molar-refractivity contribution in [1.29, 1.82) is 0 Å². The van der Waals surface area contributed by atoms with Gasteiger partial charge in [-0.05, 0) is 12.1 Å². The van der Waals surface area contributed by atoms with E-state index in [-0.39, 0.29) is 6.42 Å². The van der Waals surface area contributed by atoms with E-state index in [2.05, 4.69) is 15.6 Å². The zero-order valence-corrected chi connectivity index (χ0v) is 14.4. The summed E-state index contributed by atoms with van der Waals surface area (Å²) in [5.41, 5.74) is 1.46. The summed E-state index contributed by atoms with van der Waals surface area (Å²) in [5, 5.41) is 49.0. The van der Waals surface area contributed by atoms with Crippen LogP contribution < -0.4 is 5.32 Å². The van der Waals surface area contributed by atoms with Crippen molar-refractivity contribution < 1.29 is 30.0 Å². The number of aromatic nitrogens is 3. The molecule has 2 aromatic rings. The summed E-state index contributed by atoms with van der Waals surface area (Å²) in [6.45, 7) is -0.556. The highest BCUT2D eigenvalue weighted by atomic mass is 16.6. The molecule has 5 atom stereocenters. The van der Waals surface area contributed by atoms with Crippen molar-refractivity contribution in [2.45, 2.75) is 43.5 Å². The van der Waals surface area contributed by atoms with Gasteiger partial charge in [-0.3, -0.25) is 4.79 Å². The largest absolute Gasteiger partial charge is 0.394 e. The molecule has 27 heavy (non-hydrogen) atoms. The average molecular weight is 378 g/mol. The fourth-order valence-electron chi connectivity index (χ4n) is 2.81. The second kappa shape index (κ2) is 8.55. The molecule has 1 aromatic heterocycles. The van der Waals surface area contributed by atoms with E-state index in [1.807, 2.05) is 30.3 Å². The highest BCUT2D eigenvalue weighted by Gasteiger charge is 2.43. The van der Waals surface area contributed by atoms with E-state index < -0.39 is 43.2 Å². The molecule has 1 fully saturated rings. The van der Waals surface area contributed by atoms with E-state index >= 15 is 0 Å². The Morgan fingerprint density at radius 2 is 1.89 bits per heavy atom. The molecule has 0 aliphatic carbocycles. The third-order valence-corrected chi connectivity index (χ3v) is 4.37. The first-order valence-electron chi connectivity index (χ1n) is 8.56. The van der Waals surface area contributed by atoms with E-state index in [1.54, 1.807) is 10.9 Å². The second-order valence-corrected chi connectivity index (χ2v) is 6.31. The SMILES string of the molecule is O=C(CCc1cn(-c2ccccc2)nn1)N[C@@H]1OC(CO)[C@@H](O)C(O)C1O. The van der Waals surface area contributed by atoms with Crippen molar-refractivity contribution in [3.8, 4) is 5.69 Å². The Labute approximate surface area is 155 Å². The Morgan fingerprint density at radius 3 is 2.59 bits per heavy atom. The lowest BCUT2D eigenvalue weighted by atomic mass is 9.98. The molecule has 1 aliphatic rings. The van der Waals surface area contributed by atoms with Gasteiger partial charge in [0.15, 0.2) is 6.23 Å². The van der Waals surface area contributed by atoms with Gasteiger partial charge in [-0.2, -0.15) is 0 Å². The number of aliphatic hydroxyl groups excluding tert-OH is 4. The minimum absolute atomic E-state index is 0.0580. The van der Waals surface area contributed by atoms with E-state index in [9.17, 15) is 20.1 Å². The molecule has 3 unspecified atom stereocenters. The van der Waals surface area contributed by atoms with Gasteiger partial charge in [0, 0.05) is 12.8 Å². The summed E-state index contributed by atoms with van der Waals surface area (Å²) in [5.74, 6) is -0.436. The lowest BCUT2D eigenvalue weighted by Gasteiger charge is -2.40.